The Kier molecular flexibility index (Phi) is 10.3. The molecule has 222 valence electrons. The van der Waals surface area contributed by atoms with E-state index < -0.39 is 16.1 Å². The highest BCUT2D eigenvalue weighted by atomic mass is 32.2. The predicted molar refractivity (Wildman–Crippen MR) is 159 cm³/mol. The van der Waals surface area contributed by atoms with Crippen molar-refractivity contribution < 1.29 is 32.2 Å². The number of sulfonamides is 1. The average molecular weight is 604 g/mol. The van der Waals surface area contributed by atoms with Crippen LogP contribution >= 0.6 is 0 Å². The molecule has 0 atom stereocenters. The molecule has 2 N–H and O–H groups in total. The summed E-state index contributed by atoms with van der Waals surface area (Å²) >= 11 is 0. The van der Waals surface area contributed by atoms with E-state index in [2.05, 4.69) is 36.8 Å². The third-order valence-electron chi connectivity index (χ3n) is 5.69. The molecule has 4 aromatic rings. The van der Waals surface area contributed by atoms with Gasteiger partial charge in [0.15, 0.2) is 35.6 Å². The van der Waals surface area contributed by atoms with Gasteiger partial charge in [0.05, 0.1) is 7.11 Å². The Labute approximate surface area is 249 Å². The van der Waals surface area contributed by atoms with E-state index in [1.54, 1.807) is 54.6 Å². The molecule has 0 aliphatic heterocycles. The average Bonchev–Trinajstić information content (AvgIpc) is 3.01. The third-order valence-corrected chi connectivity index (χ3v) is 6.94. The molecule has 0 aliphatic carbocycles. The summed E-state index contributed by atoms with van der Waals surface area (Å²) in [7, 11) is -2.70. The number of carbonyl (C=O) groups is 1. The largest absolute Gasteiger partial charge is 0.493 e. The number of anilines is 2. The molecule has 2 aromatic carbocycles. The Morgan fingerprint density at radius 3 is 2.33 bits per heavy atom. The van der Waals surface area contributed by atoms with E-state index >= 15 is 0 Å². The molecule has 0 saturated heterocycles. The minimum Gasteiger partial charge on any atom is -0.493 e. The molecule has 12 nitrogen and oxygen atoms in total. The molecule has 1 amide bonds. The molecule has 0 radical (unpaired) electrons. The number of hydrogen-bond acceptors (Lipinski definition) is 10. The highest BCUT2D eigenvalue weighted by molar-refractivity contribution is 7.92. The first kappa shape index (κ1) is 30.6. The molecule has 2 heterocycles. The number of methoxy groups -OCH3 is 1. The molecule has 0 saturated carbocycles. The number of benzene rings is 2. The maximum absolute atomic E-state index is 13.2. The van der Waals surface area contributed by atoms with Gasteiger partial charge in [-0.3, -0.25) is 10.0 Å². The Balaban J connectivity index is 1.51. The van der Waals surface area contributed by atoms with E-state index in [0.717, 1.165) is 11.9 Å². The van der Waals surface area contributed by atoms with Crippen LogP contribution in [0, 0.1) is 11.8 Å². The summed E-state index contributed by atoms with van der Waals surface area (Å²) in [5, 5.41) is 2.37. The number of aromatic nitrogens is 3. The van der Waals surface area contributed by atoms with Crippen LogP contribution in [0.15, 0.2) is 84.3 Å². The molecule has 13 heteroatoms. The Hall–Kier alpha value is -5.35. The normalized spacial score (nSPS) is 10.7. The van der Waals surface area contributed by atoms with Crippen molar-refractivity contribution in [3.63, 3.8) is 0 Å². The maximum atomic E-state index is 13.2. The lowest BCUT2D eigenvalue weighted by Gasteiger charge is -2.16. The number of para-hydroxylation sites is 3. The van der Waals surface area contributed by atoms with Crippen molar-refractivity contribution >= 4 is 27.6 Å². The summed E-state index contributed by atoms with van der Waals surface area (Å²) in [5.74, 6) is 5.77. The van der Waals surface area contributed by atoms with E-state index in [1.165, 1.54) is 19.4 Å². The van der Waals surface area contributed by atoms with Crippen LogP contribution < -0.4 is 24.2 Å². The van der Waals surface area contributed by atoms with Crippen LogP contribution in [0.4, 0.5) is 16.3 Å². The van der Waals surface area contributed by atoms with Crippen LogP contribution in [0.1, 0.15) is 25.3 Å². The van der Waals surface area contributed by atoms with Crippen molar-refractivity contribution in [3.05, 3.63) is 84.8 Å². The van der Waals surface area contributed by atoms with Crippen molar-refractivity contribution in [3.8, 4) is 35.0 Å². The standard InChI is InChI=1S/C30H29N5O7S/c1-21(2)22-15-16-26(31-19-22)43(37,38)35-28-27(42-25-14-8-7-13-24(25)39-3)29(33-20-32-28)40-17-9-10-18-41-30(36)34-23-11-5-4-6-12-23/h4-8,11-16,19-21H,17-18H2,1-3H3,(H,34,36)(H,32,33,35). The molecular weight excluding hydrogens is 574 g/mol. The number of pyridine rings is 1. The van der Waals surface area contributed by atoms with E-state index in [-0.39, 0.29) is 47.4 Å². The van der Waals surface area contributed by atoms with Crippen LogP contribution in [-0.2, 0) is 14.8 Å². The second kappa shape index (κ2) is 14.5. The number of hydrogen-bond donors (Lipinski definition) is 2. The second-order valence-corrected chi connectivity index (χ2v) is 10.6. The van der Waals surface area contributed by atoms with Crippen molar-refractivity contribution in [2.45, 2.75) is 24.8 Å². The first-order chi connectivity index (χ1) is 20.8. The lowest BCUT2D eigenvalue weighted by molar-refractivity contribution is 0.176. The number of rotatable bonds is 11. The molecule has 0 unspecified atom stereocenters. The second-order valence-electron chi connectivity index (χ2n) is 9.01. The molecule has 43 heavy (non-hydrogen) atoms. The number of amides is 1. The van der Waals surface area contributed by atoms with Crippen molar-refractivity contribution in [2.24, 2.45) is 0 Å². The minimum absolute atomic E-state index is 0.0984. The van der Waals surface area contributed by atoms with E-state index in [0.29, 0.717) is 11.4 Å². The van der Waals surface area contributed by atoms with Gasteiger partial charge in [-0.2, -0.15) is 13.4 Å². The zero-order valence-electron chi connectivity index (χ0n) is 23.6. The van der Waals surface area contributed by atoms with Crippen molar-refractivity contribution in [1.29, 1.82) is 0 Å². The maximum Gasteiger partial charge on any atom is 0.412 e. The van der Waals surface area contributed by atoms with Gasteiger partial charge in [0.2, 0.25) is 5.75 Å². The summed E-state index contributed by atoms with van der Waals surface area (Å²) in [5.41, 5.74) is 1.48. The molecule has 0 bridgehead atoms. The summed E-state index contributed by atoms with van der Waals surface area (Å²) in [6, 6.07) is 18.7. The lowest BCUT2D eigenvalue weighted by atomic mass is 10.1. The van der Waals surface area contributed by atoms with Gasteiger partial charge in [-0.15, -0.1) is 0 Å². The Bertz CT molecular complexity index is 1700. The van der Waals surface area contributed by atoms with Gasteiger partial charge in [-0.05, 0) is 41.8 Å². The van der Waals surface area contributed by atoms with Crippen LogP contribution in [0.25, 0.3) is 0 Å². The van der Waals surface area contributed by atoms with E-state index in [9.17, 15) is 13.2 Å². The summed E-state index contributed by atoms with van der Waals surface area (Å²) in [4.78, 5) is 24.2. The van der Waals surface area contributed by atoms with E-state index in [1.807, 2.05) is 19.9 Å². The quantitative estimate of drug-likeness (QED) is 0.218. The Morgan fingerprint density at radius 1 is 0.907 bits per heavy atom. The summed E-state index contributed by atoms with van der Waals surface area (Å²) in [6.07, 6.45) is 1.96. The van der Waals surface area contributed by atoms with Crippen LogP contribution in [-0.4, -0.2) is 49.8 Å². The highest BCUT2D eigenvalue weighted by Crippen LogP contribution is 2.39. The first-order valence-electron chi connectivity index (χ1n) is 13.0. The fraction of sp³-hybridized carbons (Fsp3) is 0.200. The van der Waals surface area contributed by atoms with E-state index in [4.69, 9.17) is 18.9 Å². The van der Waals surface area contributed by atoms with Crippen molar-refractivity contribution in [2.75, 3.05) is 30.4 Å². The highest BCUT2D eigenvalue weighted by Gasteiger charge is 2.24. The van der Waals surface area contributed by atoms with Crippen LogP contribution in [0.3, 0.4) is 0 Å². The fourth-order valence-electron chi connectivity index (χ4n) is 3.49. The zero-order chi connectivity index (χ0) is 30.7. The zero-order valence-corrected chi connectivity index (χ0v) is 24.4. The van der Waals surface area contributed by atoms with Gasteiger partial charge in [0.25, 0.3) is 15.9 Å². The molecule has 4 rings (SSSR count). The smallest absolute Gasteiger partial charge is 0.412 e. The Morgan fingerprint density at radius 2 is 1.63 bits per heavy atom. The van der Waals surface area contributed by atoms with Crippen LogP contribution in [0.5, 0.6) is 23.1 Å². The summed E-state index contributed by atoms with van der Waals surface area (Å²) in [6.45, 7) is 3.58. The molecule has 0 fully saturated rings. The number of ether oxygens (including phenoxy) is 4. The number of nitrogens with one attached hydrogen (secondary N) is 2. The molecule has 0 aliphatic rings. The van der Waals surface area contributed by atoms with Gasteiger partial charge in [0, 0.05) is 11.9 Å². The van der Waals surface area contributed by atoms with Gasteiger partial charge in [0.1, 0.15) is 6.33 Å². The van der Waals surface area contributed by atoms with Gasteiger partial charge < -0.3 is 18.9 Å². The predicted octanol–water partition coefficient (Wildman–Crippen LogP) is 5.23. The molecule has 0 spiro atoms. The minimum atomic E-state index is -4.17. The lowest BCUT2D eigenvalue weighted by Crippen LogP contribution is -2.17. The van der Waals surface area contributed by atoms with Crippen molar-refractivity contribution in [1.82, 2.24) is 15.0 Å². The molecule has 2 aromatic heterocycles. The van der Waals surface area contributed by atoms with Crippen LogP contribution in [0.2, 0.25) is 0 Å². The third kappa shape index (κ3) is 8.57. The number of carbonyl (C=O) groups excluding carboxylic acids is 1. The van der Waals surface area contributed by atoms with Gasteiger partial charge >= 0.3 is 6.09 Å². The monoisotopic (exact) mass is 603 g/mol. The first-order valence-corrected chi connectivity index (χ1v) is 14.5. The molecular formula is C30H29N5O7S. The summed E-state index contributed by atoms with van der Waals surface area (Å²) < 4.78 is 50.9. The van der Waals surface area contributed by atoms with Gasteiger partial charge in [-0.1, -0.05) is 62.1 Å². The SMILES string of the molecule is COc1ccccc1Oc1c(NS(=O)(=O)c2ccc(C(C)C)cn2)ncnc1OCC#CCOC(=O)Nc1ccccc1. The topological polar surface area (TPSA) is 151 Å². The number of nitrogens with zero attached hydrogens (tertiary/aromatic N) is 3. The van der Waals surface area contributed by atoms with Gasteiger partial charge in [-0.25, -0.2) is 14.8 Å². The fourth-order valence-corrected chi connectivity index (χ4v) is 4.44.